The lowest BCUT2D eigenvalue weighted by molar-refractivity contribution is -0.123. The summed E-state index contributed by atoms with van der Waals surface area (Å²) in [5, 5.41) is 4.52. The first-order valence-electron chi connectivity index (χ1n) is 10.6. The van der Waals surface area contributed by atoms with Gasteiger partial charge in [0.05, 0.1) is 17.6 Å². The number of nitrogens with zero attached hydrogens (tertiary/aromatic N) is 3. The minimum Gasteiger partial charge on any atom is -0.364 e. The third kappa shape index (κ3) is 4.72. The van der Waals surface area contributed by atoms with Gasteiger partial charge in [-0.15, -0.1) is 0 Å². The van der Waals surface area contributed by atoms with Gasteiger partial charge >= 0.3 is 0 Å². The fraction of sp³-hybridized carbons (Fsp3) is 0.208. The van der Waals surface area contributed by atoms with Crippen molar-refractivity contribution in [3.8, 4) is 16.9 Å². The van der Waals surface area contributed by atoms with Crippen molar-refractivity contribution >= 4 is 33.6 Å². The van der Waals surface area contributed by atoms with Gasteiger partial charge in [-0.3, -0.25) is 14.3 Å². The smallest absolute Gasteiger partial charge is 0.269 e. The number of likely N-dealkylation sites (N-methyl/N-ethyl adjacent to an activating group) is 1. The monoisotopic (exact) mass is 479 g/mol. The Bertz CT molecular complexity index is 1420. The molecule has 0 fully saturated rings. The molecule has 1 aliphatic carbocycles. The predicted octanol–water partition coefficient (Wildman–Crippen LogP) is 2.21. The lowest BCUT2D eigenvalue weighted by atomic mass is 9.88. The molecular weight excluding hydrogens is 454 g/mol. The van der Waals surface area contributed by atoms with Crippen molar-refractivity contribution in [2.45, 2.75) is 12.8 Å². The van der Waals surface area contributed by atoms with Crippen LogP contribution in [0.1, 0.15) is 27.2 Å². The second kappa shape index (κ2) is 8.79. The van der Waals surface area contributed by atoms with Crippen LogP contribution in [0.5, 0.6) is 0 Å². The molecule has 34 heavy (non-hydrogen) atoms. The summed E-state index contributed by atoms with van der Waals surface area (Å²) < 4.78 is 27.6. The summed E-state index contributed by atoms with van der Waals surface area (Å²) in [6, 6.07) is 12.7. The number of nitrogens with one attached hydrogen (secondary N) is 1. The van der Waals surface area contributed by atoms with Crippen LogP contribution in [0.4, 0.5) is 5.69 Å². The van der Waals surface area contributed by atoms with E-state index < -0.39 is 15.9 Å². The number of benzene rings is 2. The van der Waals surface area contributed by atoms with Crippen molar-refractivity contribution < 1.29 is 18.0 Å². The Morgan fingerprint density at radius 1 is 1.12 bits per heavy atom. The van der Waals surface area contributed by atoms with E-state index in [1.165, 1.54) is 11.0 Å². The summed E-state index contributed by atoms with van der Waals surface area (Å²) >= 11 is 0. The lowest BCUT2D eigenvalue weighted by Crippen LogP contribution is -2.18. The zero-order chi connectivity index (χ0) is 24.6. The van der Waals surface area contributed by atoms with Gasteiger partial charge in [0, 0.05) is 37.0 Å². The van der Waals surface area contributed by atoms with E-state index in [1.54, 1.807) is 37.0 Å². The summed E-state index contributed by atoms with van der Waals surface area (Å²) in [6.45, 7) is 0. The van der Waals surface area contributed by atoms with Gasteiger partial charge in [-0.1, -0.05) is 18.2 Å². The Labute approximate surface area is 197 Å². The van der Waals surface area contributed by atoms with Gasteiger partial charge in [-0.2, -0.15) is 5.10 Å². The summed E-state index contributed by atoms with van der Waals surface area (Å²) in [6.07, 6.45) is 5.57. The zero-order valence-electron chi connectivity index (χ0n) is 19.1. The van der Waals surface area contributed by atoms with Gasteiger partial charge in [-0.05, 0) is 54.3 Å². The van der Waals surface area contributed by atoms with E-state index in [4.69, 9.17) is 5.73 Å². The fourth-order valence-electron chi connectivity index (χ4n) is 3.94. The number of aromatic nitrogens is 2. The van der Waals surface area contributed by atoms with Gasteiger partial charge in [0.25, 0.3) is 5.91 Å². The Hall–Kier alpha value is -3.92. The molecule has 1 aliphatic rings. The number of carbonyl (C=O) groups is 2. The van der Waals surface area contributed by atoms with Crippen molar-refractivity contribution in [3.05, 3.63) is 70.9 Å². The van der Waals surface area contributed by atoms with Crippen LogP contribution < -0.4 is 10.5 Å². The van der Waals surface area contributed by atoms with Crippen LogP contribution in [0.25, 0.3) is 23.0 Å². The van der Waals surface area contributed by atoms with Gasteiger partial charge in [0.15, 0.2) is 5.69 Å². The quantitative estimate of drug-likeness (QED) is 0.524. The van der Waals surface area contributed by atoms with E-state index in [-0.39, 0.29) is 11.6 Å². The molecule has 1 heterocycles. The number of aryl methyl sites for hydroxylation is 1. The van der Waals surface area contributed by atoms with E-state index in [1.807, 2.05) is 30.3 Å². The molecular formula is C24H25N5O4S. The van der Waals surface area contributed by atoms with Crippen molar-refractivity contribution in [1.82, 2.24) is 14.7 Å². The first-order valence-corrected chi connectivity index (χ1v) is 12.5. The predicted molar refractivity (Wildman–Crippen MR) is 131 cm³/mol. The van der Waals surface area contributed by atoms with Crippen LogP contribution in [0.15, 0.2) is 48.5 Å². The first kappa shape index (κ1) is 23.2. The summed E-state index contributed by atoms with van der Waals surface area (Å²) in [4.78, 5) is 25.4. The van der Waals surface area contributed by atoms with E-state index in [9.17, 15) is 18.0 Å². The van der Waals surface area contributed by atoms with Crippen molar-refractivity contribution in [2.75, 3.05) is 25.1 Å². The van der Waals surface area contributed by atoms with E-state index in [0.29, 0.717) is 29.9 Å². The summed E-state index contributed by atoms with van der Waals surface area (Å²) in [5.41, 5.74) is 11.0. The maximum absolute atomic E-state index is 12.2. The summed E-state index contributed by atoms with van der Waals surface area (Å²) in [7, 11) is -0.0891. The highest BCUT2D eigenvalue weighted by Gasteiger charge is 2.28. The molecule has 9 nitrogen and oxygen atoms in total. The van der Waals surface area contributed by atoms with Crippen LogP contribution in [-0.4, -0.2) is 55.3 Å². The van der Waals surface area contributed by atoms with E-state index in [2.05, 4.69) is 9.82 Å². The third-order valence-electron chi connectivity index (χ3n) is 5.53. The normalized spacial score (nSPS) is 12.8. The molecule has 0 spiro atoms. The highest BCUT2D eigenvalue weighted by atomic mass is 32.2. The fourth-order valence-corrected chi connectivity index (χ4v) is 4.50. The summed E-state index contributed by atoms with van der Waals surface area (Å²) in [5.74, 6) is -0.739. The molecule has 0 aliphatic heterocycles. The number of carbonyl (C=O) groups excluding carboxylic acids is 2. The van der Waals surface area contributed by atoms with Gasteiger partial charge in [-0.25, -0.2) is 13.1 Å². The van der Waals surface area contributed by atoms with Gasteiger partial charge in [0.2, 0.25) is 15.9 Å². The van der Waals surface area contributed by atoms with E-state index in [0.717, 1.165) is 28.5 Å². The molecule has 0 unspecified atom stereocenters. The number of sulfonamides is 1. The van der Waals surface area contributed by atoms with Crippen LogP contribution in [-0.2, 0) is 27.7 Å². The second-order valence-corrected chi connectivity index (χ2v) is 10.1. The minimum atomic E-state index is -3.45. The third-order valence-corrected chi connectivity index (χ3v) is 6.13. The second-order valence-electron chi connectivity index (χ2n) is 8.36. The maximum atomic E-state index is 12.2. The van der Waals surface area contributed by atoms with Crippen LogP contribution in [0, 0.1) is 0 Å². The molecule has 0 saturated carbocycles. The molecule has 0 saturated heterocycles. The molecule has 4 rings (SSSR count). The largest absolute Gasteiger partial charge is 0.364 e. The molecule has 3 aromatic rings. The molecule has 10 heteroatoms. The number of anilines is 1. The average molecular weight is 480 g/mol. The maximum Gasteiger partial charge on any atom is 0.269 e. The van der Waals surface area contributed by atoms with Crippen molar-refractivity contribution in [3.63, 3.8) is 0 Å². The number of nitrogens with two attached hydrogens (primary N) is 1. The van der Waals surface area contributed by atoms with Crippen LogP contribution >= 0.6 is 0 Å². The Morgan fingerprint density at radius 3 is 2.44 bits per heavy atom. The molecule has 176 valence electrons. The number of amides is 2. The number of rotatable bonds is 6. The highest BCUT2D eigenvalue weighted by molar-refractivity contribution is 7.92. The SMILES string of the molecule is CN(C)C(=O)C=Cc1ccc(-n2nc(C(N)=O)c3c2-c2cc(NS(C)(=O)=O)ccc2CC3)cc1. The highest BCUT2D eigenvalue weighted by Crippen LogP contribution is 2.38. The Morgan fingerprint density at radius 2 is 1.82 bits per heavy atom. The number of hydrogen-bond acceptors (Lipinski definition) is 5. The Balaban J connectivity index is 1.80. The molecule has 2 amide bonds. The molecule has 3 N–H and O–H groups in total. The number of hydrogen-bond donors (Lipinski definition) is 2. The van der Waals surface area contributed by atoms with Crippen LogP contribution in [0.2, 0.25) is 0 Å². The van der Waals surface area contributed by atoms with Gasteiger partial charge < -0.3 is 10.6 Å². The standard InChI is InChI=1S/C24H25N5O4S/c1-28(2)21(30)13-6-15-4-10-18(11-5-15)29-23-19(22(26-29)24(25)31)12-8-16-7-9-17(14-20(16)23)27-34(3,32)33/h4-7,9-11,13-14,27H,8,12H2,1-3H3,(H2,25,31). The first-order chi connectivity index (χ1) is 16.0. The minimum absolute atomic E-state index is 0.119. The topological polar surface area (TPSA) is 127 Å². The van der Waals surface area contributed by atoms with Gasteiger partial charge in [0.1, 0.15) is 0 Å². The Kier molecular flexibility index (Phi) is 6.01. The lowest BCUT2D eigenvalue weighted by Gasteiger charge is -2.20. The zero-order valence-corrected chi connectivity index (χ0v) is 19.9. The number of fused-ring (bicyclic) bond motifs is 3. The van der Waals surface area contributed by atoms with E-state index >= 15 is 0 Å². The molecule has 1 aromatic heterocycles. The van der Waals surface area contributed by atoms with Crippen molar-refractivity contribution in [1.29, 1.82) is 0 Å². The molecule has 0 atom stereocenters. The van der Waals surface area contributed by atoms with Crippen LogP contribution in [0.3, 0.4) is 0 Å². The molecule has 2 aromatic carbocycles. The molecule has 0 radical (unpaired) electrons. The van der Waals surface area contributed by atoms with Crippen molar-refractivity contribution in [2.24, 2.45) is 5.73 Å². The average Bonchev–Trinajstić information content (AvgIpc) is 3.17. The molecule has 0 bridgehead atoms. The number of primary amides is 1.